The molecular formula is C23H24N4O2. The predicted octanol–water partition coefficient (Wildman–Crippen LogP) is 4.43. The van der Waals surface area contributed by atoms with E-state index in [4.69, 9.17) is 4.74 Å². The van der Waals surface area contributed by atoms with Crippen LogP contribution < -0.4 is 15.0 Å². The number of rotatable bonds is 5. The molecule has 0 bridgehead atoms. The van der Waals surface area contributed by atoms with E-state index in [1.165, 1.54) is 0 Å². The van der Waals surface area contributed by atoms with Crippen molar-refractivity contribution in [2.24, 2.45) is 5.92 Å². The van der Waals surface area contributed by atoms with Crippen LogP contribution in [-0.4, -0.2) is 29.0 Å². The minimum atomic E-state index is -0.0325. The predicted molar refractivity (Wildman–Crippen MR) is 113 cm³/mol. The molecule has 1 N–H and O–H groups in total. The summed E-state index contributed by atoms with van der Waals surface area (Å²) in [5.41, 5.74) is 1.81. The van der Waals surface area contributed by atoms with Gasteiger partial charge in [-0.2, -0.15) is 0 Å². The Morgan fingerprint density at radius 3 is 2.69 bits per heavy atom. The van der Waals surface area contributed by atoms with Crippen molar-refractivity contribution >= 4 is 17.4 Å². The maximum absolute atomic E-state index is 12.9. The Hall–Kier alpha value is -3.41. The van der Waals surface area contributed by atoms with Gasteiger partial charge in [-0.3, -0.25) is 9.78 Å². The molecule has 148 valence electrons. The molecule has 1 saturated heterocycles. The van der Waals surface area contributed by atoms with Crippen LogP contribution in [0.2, 0.25) is 0 Å². The van der Waals surface area contributed by atoms with E-state index in [1.807, 2.05) is 55.5 Å². The van der Waals surface area contributed by atoms with E-state index in [-0.39, 0.29) is 11.8 Å². The number of nitrogens with one attached hydrogen (secondary N) is 1. The summed E-state index contributed by atoms with van der Waals surface area (Å²) < 4.78 is 6.02. The van der Waals surface area contributed by atoms with Crippen molar-refractivity contribution < 1.29 is 9.53 Å². The Morgan fingerprint density at radius 2 is 1.93 bits per heavy atom. The highest BCUT2D eigenvalue weighted by Gasteiger charge is 2.26. The van der Waals surface area contributed by atoms with Gasteiger partial charge in [0.25, 0.3) is 0 Å². The normalized spacial score (nSPS) is 14.4. The zero-order valence-electron chi connectivity index (χ0n) is 16.4. The minimum absolute atomic E-state index is 0.0316. The van der Waals surface area contributed by atoms with Crippen molar-refractivity contribution in [2.75, 3.05) is 23.3 Å². The van der Waals surface area contributed by atoms with Crippen LogP contribution in [0.4, 0.5) is 11.5 Å². The average molecular weight is 388 g/mol. The molecule has 0 saturated carbocycles. The number of hydrogen-bond donors (Lipinski definition) is 1. The minimum Gasteiger partial charge on any atom is -0.455 e. The number of para-hydroxylation sites is 2. The lowest BCUT2D eigenvalue weighted by molar-refractivity contribution is -0.120. The van der Waals surface area contributed by atoms with Gasteiger partial charge < -0.3 is 15.0 Å². The highest BCUT2D eigenvalue weighted by atomic mass is 16.5. The fourth-order valence-electron chi connectivity index (χ4n) is 3.52. The topological polar surface area (TPSA) is 67.3 Å². The third-order valence-corrected chi connectivity index (χ3v) is 5.10. The Kier molecular flexibility index (Phi) is 5.70. The number of piperidine rings is 1. The number of aryl methyl sites for hydroxylation is 1. The standard InChI is InChI=1S/C23H24N4O2/c1-17-5-4-6-19(15-17)29-21-8-3-2-7-20(21)26-23(28)18-9-13-27(14-10-18)22-16-24-11-12-25-22/h2-8,11-12,15-16,18H,9-10,13-14H2,1H3,(H,26,28). The smallest absolute Gasteiger partial charge is 0.227 e. The van der Waals surface area contributed by atoms with Gasteiger partial charge in [-0.25, -0.2) is 4.98 Å². The largest absolute Gasteiger partial charge is 0.455 e. The number of amides is 1. The summed E-state index contributed by atoms with van der Waals surface area (Å²) in [5, 5.41) is 3.06. The second kappa shape index (κ2) is 8.73. The number of hydrogen-bond acceptors (Lipinski definition) is 5. The monoisotopic (exact) mass is 388 g/mol. The number of benzene rings is 2. The van der Waals surface area contributed by atoms with Crippen molar-refractivity contribution in [2.45, 2.75) is 19.8 Å². The third kappa shape index (κ3) is 4.71. The quantitative estimate of drug-likeness (QED) is 0.700. The first-order chi connectivity index (χ1) is 14.2. The van der Waals surface area contributed by atoms with Crippen LogP contribution in [0, 0.1) is 12.8 Å². The van der Waals surface area contributed by atoms with Crippen LogP contribution in [0.15, 0.2) is 67.1 Å². The summed E-state index contributed by atoms with van der Waals surface area (Å²) in [6.07, 6.45) is 6.69. The molecule has 1 aliphatic heterocycles. The molecule has 29 heavy (non-hydrogen) atoms. The van der Waals surface area contributed by atoms with E-state index in [2.05, 4.69) is 20.2 Å². The number of ether oxygens (including phenoxy) is 1. The second-order valence-electron chi connectivity index (χ2n) is 7.23. The molecule has 1 aromatic heterocycles. The van der Waals surface area contributed by atoms with Gasteiger partial charge in [0.05, 0.1) is 11.9 Å². The zero-order valence-corrected chi connectivity index (χ0v) is 16.4. The van der Waals surface area contributed by atoms with E-state index in [9.17, 15) is 4.79 Å². The Labute approximate surface area is 170 Å². The SMILES string of the molecule is Cc1cccc(Oc2ccccc2NC(=O)C2CCN(c3cnccn3)CC2)c1. The number of nitrogens with zero attached hydrogens (tertiary/aromatic N) is 3. The molecule has 1 amide bonds. The zero-order chi connectivity index (χ0) is 20.1. The molecule has 1 aliphatic rings. The molecule has 1 fully saturated rings. The molecule has 0 aliphatic carbocycles. The van der Waals surface area contributed by atoms with Crippen LogP contribution in [-0.2, 0) is 4.79 Å². The summed E-state index contributed by atoms with van der Waals surface area (Å²) in [6.45, 7) is 3.60. The molecule has 0 unspecified atom stereocenters. The Bertz CT molecular complexity index is 969. The van der Waals surface area contributed by atoms with Crippen LogP contribution in [0.1, 0.15) is 18.4 Å². The molecule has 6 nitrogen and oxygen atoms in total. The highest BCUT2D eigenvalue weighted by Crippen LogP contribution is 2.31. The average Bonchev–Trinajstić information content (AvgIpc) is 2.76. The van der Waals surface area contributed by atoms with Crippen molar-refractivity contribution in [1.29, 1.82) is 0 Å². The number of anilines is 2. The molecule has 0 radical (unpaired) electrons. The van der Waals surface area contributed by atoms with Gasteiger partial charge in [-0.15, -0.1) is 0 Å². The molecule has 4 rings (SSSR count). The summed E-state index contributed by atoms with van der Waals surface area (Å²) >= 11 is 0. The fraction of sp³-hybridized carbons (Fsp3) is 0.261. The van der Waals surface area contributed by atoms with Crippen molar-refractivity contribution in [3.8, 4) is 11.5 Å². The first-order valence-corrected chi connectivity index (χ1v) is 9.84. The Balaban J connectivity index is 1.39. The number of carbonyl (C=O) groups excluding carboxylic acids is 1. The lowest BCUT2D eigenvalue weighted by Gasteiger charge is -2.31. The second-order valence-corrected chi connectivity index (χ2v) is 7.23. The van der Waals surface area contributed by atoms with E-state index in [1.54, 1.807) is 18.6 Å². The van der Waals surface area contributed by atoms with Crippen molar-refractivity contribution in [3.63, 3.8) is 0 Å². The maximum atomic E-state index is 12.9. The molecule has 2 aromatic carbocycles. The third-order valence-electron chi connectivity index (χ3n) is 5.10. The van der Waals surface area contributed by atoms with Crippen LogP contribution in [0.3, 0.4) is 0 Å². The number of aromatic nitrogens is 2. The Morgan fingerprint density at radius 1 is 1.10 bits per heavy atom. The lowest BCUT2D eigenvalue weighted by Crippen LogP contribution is -2.38. The van der Waals surface area contributed by atoms with E-state index < -0.39 is 0 Å². The van der Waals surface area contributed by atoms with Crippen molar-refractivity contribution in [1.82, 2.24) is 9.97 Å². The molecule has 0 spiro atoms. The van der Waals surface area contributed by atoms with Gasteiger partial charge >= 0.3 is 0 Å². The van der Waals surface area contributed by atoms with Crippen LogP contribution in [0.25, 0.3) is 0 Å². The number of carbonyl (C=O) groups is 1. The van der Waals surface area contributed by atoms with Gasteiger partial charge in [0.2, 0.25) is 5.91 Å². The molecule has 0 atom stereocenters. The molecular weight excluding hydrogens is 364 g/mol. The van der Waals surface area contributed by atoms with E-state index >= 15 is 0 Å². The summed E-state index contributed by atoms with van der Waals surface area (Å²) in [5.74, 6) is 2.26. The summed E-state index contributed by atoms with van der Waals surface area (Å²) in [6, 6.07) is 15.4. The molecule has 3 aromatic rings. The molecule has 6 heteroatoms. The lowest BCUT2D eigenvalue weighted by atomic mass is 9.96. The van der Waals surface area contributed by atoms with E-state index in [0.29, 0.717) is 11.4 Å². The fourth-order valence-corrected chi connectivity index (χ4v) is 3.52. The van der Waals surface area contributed by atoms with Gasteiger partial charge in [0, 0.05) is 31.4 Å². The summed E-state index contributed by atoms with van der Waals surface area (Å²) in [7, 11) is 0. The molecule has 2 heterocycles. The maximum Gasteiger partial charge on any atom is 0.227 e. The van der Waals surface area contributed by atoms with Gasteiger partial charge in [0.1, 0.15) is 11.6 Å². The first kappa shape index (κ1) is 18.9. The van der Waals surface area contributed by atoms with Crippen LogP contribution in [0.5, 0.6) is 11.5 Å². The first-order valence-electron chi connectivity index (χ1n) is 9.84. The van der Waals surface area contributed by atoms with Gasteiger partial charge in [0.15, 0.2) is 5.75 Å². The van der Waals surface area contributed by atoms with E-state index in [0.717, 1.165) is 43.1 Å². The summed E-state index contributed by atoms with van der Waals surface area (Å²) in [4.78, 5) is 23.5. The van der Waals surface area contributed by atoms with Crippen LogP contribution >= 0.6 is 0 Å². The van der Waals surface area contributed by atoms with Crippen molar-refractivity contribution in [3.05, 3.63) is 72.7 Å². The van der Waals surface area contributed by atoms with Gasteiger partial charge in [-0.1, -0.05) is 24.3 Å². The highest BCUT2D eigenvalue weighted by molar-refractivity contribution is 5.94. The van der Waals surface area contributed by atoms with Gasteiger partial charge in [-0.05, 0) is 49.6 Å².